The summed E-state index contributed by atoms with van der Waals surface area (Å²) in [6.07, 6.45) is 0.710. The van der Waals surface area contributed by atoms with Crippen LogP contribution >= 0.6 is 0 Å². The maximum Gasteiger partial charge on any atom is 0.260 e. The summed E-state index contributed by atoms with van der Waals surface area (Å²) in [5.41, 5.74) is 6.58. The third-order valence-corrected chi connectivity index (χ3v) is 2.97. The summed E-state index contributed by atoms with van der Waals surface area (Å²) < 4.78 is 0. The van der Waals surface area contributed by atoms with Crippen molar-refractivity contribution in [1.29, 1.82) is 0 Å². The number of nitrogen functional groups attached to an aromatic ring is 1. The highest BCUT2D eigenvalue weighted by atomic mass is 16.3. The van der Waals surface area contributed by atoms with E-state index in [2.05, 4.69) is 15.3 Å². The Labute approximate surface area is 110 Å². The fraction of sp³-hybridized carbons (Fsp3) is 0.385. The summed E-state index contributed by atoms with van der Waals surface area (Å²) in [6.45, 7) is 2.82. The van der Waals surface area contributed by atoms with Crippen LogP contribution in [0.15, 0.2) is 23.0 Å². The lowest BCUT2D eigenvalue weighted by Crippen LogP contribution is -2.18. The molecule has 0 fully saturated rings. The van der Waals surface area contributed by atoms with Gasteiger partial charge in [-0.2, -0.15) is 0 Å². The van der Waals surface area contributed by atoms with Gasteiger partial charge < -0.3 is 16.2 Å². The van der Waals surface area contributed by atoms with E-state index >= 15 is 0 Å². The van der Waals surface area contributed by atoms with Crippen LogP contribution in [0.1, 0.15) is 13.3 Å². The predicted molar refractivity (Wildman–Crippen MR) is 76.1 cm³/mol. The fourth-order valence-electron chi connectivity index (χ4n) is 1.83. The lowest BCUT2D eigenvalue weighted by molar-refractivity contribution is 0.265. The van der Waals surface area contributed by atoms with Crippen molar-refractivity contribution >= 4 is 22.5 Å². The number of nitrogens with zero attached hydrogens (tertiary/aromatic N) is 1. The molecule has 0 amide bonds. The molecule has 102 valence electrons. The number of benzene rings is 1. The highest BCUT2D eigenvalue weighted by Crippen LogP contribution is 2.13. The minimum absolute atomic E-state index is 0.157. The molecule has 0 aliphatic carbocycles. The van der Waals surface area contributed by atoms with Crippen LogP contribution in [0.5, 0.6) is 0 Å². The minimum Gasteiger partial charge on any atom is -0.399 e. The quantitative estimate of drug-likeness (QED) is 0.600. The van der Waals surface area contributed by atoms with Crippen molar-refractivity contribution in [2.45, 2.75) is 13.3 Å². The smallest absolute Gasteiger partial charge is 0.260 e. The number of hydrogen-bond donors (Lipinski definition) is 4. The standard InChI is InChI=1S/C13H18N4O2/c1-8(4-5-18)7-15-13-16-11-3-2-9(14)6-10(11)12(19)17-13/h2-3,6,8,18H,4-5,7,14H2,1H3,(H2,15,16,17,19). The van der Waals surface area contributed by atoms with Gasteiger partial charge in [0, 0.05) is 18.8 Å². The second-order valence-electron chi connectivity index (χ2n) is 4.69. The van der Waals surface area contributed by atoms with Crippen molar-refractivity contribution in [2.75, 3.05) is 24.2 Å². The first-order chi connectivity index (χ1) is 9.10. The van der Waals surface area contributed by atoms with Crippen LogP contribution in [-0.2, 0) is 0 Å². The van der Waals surface area contributed by atoms with Gasteiger partial charge in [0.05, 0.1) is 10.9 Å². The average Bonchev–Trinajstić information content (AvgIpc) is 2.38. The molecule has 1 heterocycles. The maximum atomic E-state index is 11.9. The maximum absolute atomic E-state index is 11.9. The zero-order chi connectivity index (χ0) is 13.8. The molecule has 5 N–H and O–H groups in total. The molecule has 0 aliphatic rings. The number of H-pyrrole nitrogens is 1. The van der Waals surface area contributed by atoms with Gasteiger partial charge in [-0.15, -0.1) is 0 Å². The highest BCUT2D eigenvalue weighted by molar-refractivity contribution is 5.81. The summed E-state index contributed by atoms with van der Waals surface area (Å²) in [7, 11) is 0. The summed E-state index contributed by atoms with van der Waals surface area (Å²) in [4.78, 5) is 18.9. The molecule has 1 atom stereocenters. The Bertz CT molecular complexity index is 624. The molecule has 6 heteroatoms. The third-order valence-electron chi connectivity index (χ3n) is 2.97. The van der Waals surface area contributed by atoms with Gasteiger partial charge in [-0.25, -0.2) is 4.98 Å². The summed E-state index contributed by atoms with van der Waals surface area (Å²) >= 11 is 0. The number of nitrogens with two attached hydrogens (primary N) is 1. The molecule has 0 spiro atoms. The van der Waals surface area contributed by atoms with E-state index in [1.165, 1.54) is 0 Å². The molecular formula is C13H18N4O2. The normalized spacial score (nSPS) is 12.5. The average molecular weight is 262 g/mol. The van der Waals surface area contributed by atoms with Crippen molar-refractivity contribution in [3.63, 3.8) is 0 Å². The molecule has 1 aromatic carbocycles. The molecule has 0 saturated heterocycles. The van der Waals surface area contributed by atoms with Crippen LogP contribution in [0, 0.1) is 5.92 Å². The molecule has 1 aromatic heterocycles. The monoisotopic (exact) mass is 262 g/mol. The lowest BCUT2D eigenvalue weighted by Gasteiger charge is -2.11. The Morgan fingerprint density at radius 2 is 2.32 bits per heavy atom. The van der Waals surface area contributed by atoms with Crippen molar-refractivity contribution in [2.24, 2.45) is 5.92 Å². The Balaban J connectivity index is 2.21. The van der Waals surface area contributed by atoms with Crippen molar-refractivity contribution in [3.05, 3.63) is 28.6 Å². The molecular weight excluding hydrogens is 244 g/mol. The Hall–Kier alpha value is -2.08. The minimum atomic E-state index is -0.213. The van der Waals surface area contributed by atoms with Crippen LogP contribution in [0.3, 0.4) is 0 Å². The van der Waals surface area contributed by atoms with Crippen LogP contribution < -0.4 is 16.6 Å². The number of rotatable bonds is 5. The largest absolute Gasteiger partial charge is 0.399 e. The number of nitrogens with one attached hydrogen (secondary N) is 2. The van der Waals surface area contributed by atoms with E-state index < -0.39 is 0 Å². The zero-order valence-corrected chi connectivity index (χ0v) is 10.8. The Kier molecular flexibility index (Phi) is 4.01. The zero-order valence-electron chi connectivity index (χ0n) is 10.8. The molecule has 0 aliphatic heterocycles. The molecule has 0 saturated carbocycles. The van der Waals surface area contributed by atoms with Crippen LogP contribution in [0.25, 0.3) is 10.9 Å². The van der Waals surface area contributed by atoms with Gasteiger partial charge in [-0.3, -0.25) is 9.78 Å². The molecule has 1 unspecified atom stereocenters. The van der Waals surface area contributed by atoms with Crippen LogP contribution in [-0.4, -0.2) is 28.2 Å². The Morgan fingerprint density at radius 3 is 3.05 bits per heavy atom. The first-order valence-corrected chi connectivity index (χ1v) is 6.24. The Morgan fingerprint density at radius 1 is 1.53 bits per heavy atom. The molecule has 2 aromatic rings. The number of aromatic nitrogens is 2. The number of aliphatic hydroxyl groups is 1. The van der Waals surface area contributed by atoms with Gasteiger partial charge in [0.2, 0.25) is 5.95 Å². The van der Waals surface area contributed by atoms with E-state index in [1.807, 2.05) is 6.92 Å². The van der Waals surface area contributed by atoms with Crippen molar-refractivity contribution in [1.82, 2.24) is 9.97 Å². The molecule has 6 nitrogen and oxygen atoms in total. The van der Waals surface area contributed by atoms with Crippen LogP contribution in [0.4, 0.5) is 11.6 Å². The molecule has 19 heavy (non-hydrogen) atoms. The van der Waals surface area contributed by atoms with Crippen LogP contribution in [0.2, 0.25) is 0 Å². The van der Waals surface area contributed by atoms with Gasteiger partial charge in [-0.05, 0) is 30.5 Å². The summed E-state index contributed by atoms with van der Waals surface area (Å²) in [5.74, 6) is 0.740. The highest BCUT2D eigenvalue weighted by Gasteiger charge is 2.06. The summed E-state index contributed by atoms with van der Waals surface area (Å²) in [6, 6.07) is 5.05. The van der Waals surface area contributed by atoms with E-state index in [1.54, 1.807) is 18.2 Å². The summed E-state index contributed by atoms with van der Waals surface area (Å²) in [5, 5.41) is 12.4. The molecule has 2 rings (SSSR count). The first-order valence-electron chi connectivity index (χ1n) is 6.24. The SMILES string of the molecule is CC(CCO)CNc1nc2ccc(N)cc2c(=O)[nH]1. The second kappa shape index (κ2) is 5.71. The van der Waals surface area contributed by atoms with E-state index in [0.29, 0.717) is 41.4 Å². The van der Waals surface area contributed by atoms with Gasteiger partial charge in [0.15, 0.2) is 0 Å². The topological polar surface area (TPSA) is 104 Å². The number of aliphatic hydroxyl groups excluding tert-OH is 1. The van der Waals surface area contributed by atoms with Gasteiger partial charge in [-0.1, -0.05) is 6.92 Å². The second-order valence-corrected chi connectivity index (χ2v) is 4.69. The van der Waals surface area contributed by atoms with Crippen molar-refractivity contribution in [3.8, 4) is 0 Å². The number of aromatic amines is 1. The van der Waals surface area contributed by atoms with E-state index in [-0.39, 0.29) is 12.2 Å². The number of anilines is 2. The van der Waals surface area contributed by atoms with Gasteiger partial charge in [0.1, 0.15) is 0 Å². The van der Waals surface area contributed by atoms with Gasteiger partial charge >= 0.3 is 0 Å². The molecule has 0 bridgehead atoms. The van der Waals surface area contributed by atoms with E-state index in [0.717, 1.165) is 0 Å². The fourth-order valence-corrected chi connectivity index (χ4v) is 1.83. The van der Waals surface area contributed by atoms with Crippen molar-refractivity contribution < 1.29 is 5.11 Å². The lowest BCUT2D eigenvalue weighted by atomic mass is 10.1. The predicted octanol–water partition coefficient (Wildman–Crippen LogP) is 0.936. The van der Waals surface area contributed by atoms with Gasteiger partial charge in [0.25, 0.3) is 5.56 Å². The third kappa shape index (κ3) is 3.23. The molecule has 0 radical (unpaired) electrons. The number of hydrogen-bond acceptors (Lipinski definition) is 5. The van der Waals surface area contributed by atoms with E-state index in [4.69, 9.17) is 10.8 Å². The first kappa shape index (κ1) is 13.4. The van der Waals surface area contributed by atoms with E-state index in [9.17, 15) is 4.79 Å². The number of fused-ring (bicyclic) bond motifs is 1.